The van der Waals surface area contributed by atoms with Crippen molar-refractivity contribution in [1.82, 2.24) is 5.32 Å². The van der Waals surface area contributed by atoms with Crippen LogP contribution in [0.5, 0.6) is 0 Å². The Morgan fingerprint density at radius 3 is 2.62 bits per heavy atom. The summed E-state index contributed by atoms with van der Waals surface area (Å²) in [6.07, 6.45) is 6.13. The lowest BCUT2D eigenvalue weighted by molar-refractivity contribution is 0.0904. The highest BCUT2D eigenvalue weighted by atomic mass is 16.3. The molecule has 3 atom stereocenters. The van der Waals surface area contributed by atoms with Crippen LogP contribution in [0.3, 0.4) is 0 Å². The standard InChI is InChI=1S/C14H29NO/c1-5-11(2)12(16)10-15-13-8-6-7-9-14(13,3)4/h11-13,15-16H,5-10H2,1-4H3. The van der Waals surface area contributed by atoms with E-state index in [0.717, 1.165) is 13.0 Å². The van der Waals surface area contributed by atoms with Gasteiger partial charge in [0, 0.05) is 12.6 Å². The van der Waals surface area contributed by atoms with Gasteiger partial charge in [0.15, 0.2) is 0 Å². The number of nitrogens with one attached hydrogen (secondary N) is 1. The molecule has 2 heteroatoms. The van der Waals surface area contributed by atoms with Gasteiger partial charge in [-0.1, -0.05) is 47.0 Å². The Labute approximate surface area is 101 Å². The van der Waals surface area contributed by atoms with Gasteiger partial charge < -0.3 is 10.4 Å². The summed E-state index contributed by atoms with van der Waals surface area (Å²) in [6, 6.07) is 0.583. The molecule has 0 saturated heterocycles. The van der Waals surface area contributed by atoms with Crippen LogP contribution in [0.15, 0.2) is 0 Å². The molecule has 0 bridgehead atoms. The van der Waals surface area contributed by atoms with Crippen molar-refractivity contribution >= 4 is 0 Å². The molecule has 0 spiro atoms. The molecule has 0 radical (unpaired) electrons. The fourth-order valence-corrected chi connectivity index (χ4v) is 2.61. The second-order valence-electron chi connectivity index (χ2n) is 6.15. The molecule has 1 aliphatic carbocycles. The van der Waals surface area contributed by atoms with Crippen LogP contribution < -0.4 is 5.32 Å². The molecule has 0 aromatic carbocycles. The van der Waals surface area contributed by atoms with Crippen LogP contribution in [0, 0.1) is 11.3 Å². The third-order valence-electron chi connectivity index (χ3n) is 4.38. The van der Waals surface area contributed by atoms with Gasteiger partial charge in [-0.25, -0.2) is 0 Å². The fourth-order valence-electron chi connectivity index (χ4n) is 2.61. The molecule has 3 unspecified atom stereocenters. The van der Waals surface area contributed by atoms with Gasteiger partial charge in [0.25, 0.3) is 0 Å². The normalized spacial score (nSPS) is 28.7. The van der Waals surface area contributed by atoms with Gasteiger partial charge in [-0.3, -0.25) is 0 Å². The first-order valence-electron chi connectivity index (χ1n) is 6.89. The summed E-state index contributed by atoms with van der Waals surface area (Å²) < 4.78 is 0. The lowest BCUT2D eigenvalue weighted by atomic mass is 9.73. The molecule has 1 fully saturated rings. The maximum atomic E-state index is 9.96. The summed E-state index contributed by atoms with van der Waals surface area (Å²) in [5.41, 5.74) is 0.396. The third-order valence-corrected chi connectivity index (χ3v) is 4.38. The Bertz CT molecular complexity index is 203. The molecule has 0 heterocycles. The van der Waals surface area contributed by atoms with Crippen molar-refractivity contribution in [2.45, 2.75) is 71.9 Å². The van der Waals surface area contributed by atoms with Gasteiger partial charge in [-0.15, -0.1) is 0 Å². The van der Waals surface area contributed by atoms with Crippen LogP contribution in [-0.4, -0.2) is 23.8 Å². The highest BCUT2D eigenvalue weighted by Gasteiger charge is 2.32. The maximum absolute atomic E-state index is 9.96. The Hall–Kier alpha value is -0.0800. The Kier molecular flexibility index (Phi) is 5.26. The average molecular weight is 227 g/mol. The van der Waals surface area contributed by atoms with E-state index in [1.807, 2.05) is 0 Å². The molecule has 0 aromatic rings. The maximum Gasteiger partial charge on any atom is 0.0690 e. The van der Waals surface area contributed by atoms with E-state index >= 15 is 0 Å². The van der Waals surface area contributed by atoms with E-state index in [2.05, 4.69) is 33.0 Å². The van der Waals surface area contributed by atoms with Gasteiger partial charge in [0.2, 0.25) is 0 Å². The van der Waals surface area contributed by atoms with Crippen LogP contribution >= 0.6 is 0 Å². The molecule has 1 saturated carbocycles. The zero-order chi connectivity index (χ0) is 12.2. The SMILES string of the molecule is CCC(C)C(O)CNC1CCCCC1(C)C. The summed E-state index contributed by atoms with van der Waals surface area (Å²) in [6.45, 7) is 9.71. The zero-order valence-corrected chi connectivity index (χ0v) is 11.4. The molecule has 2 N–H and O–H groups in total. The minimum atomic E-state index is -0.192. The summed E-state index contributed by atoms with van der Waals surface area (Å²) >= 11 is 0. The minimum Gasteiger partial charge on any atom is -0.392 e. The average Bonchev–Trinajstić information content (AvgIpc) is 2.25. The quantitative estimate of drug-likeness (QED) is 0.757. The van der Waals surface area contributed by atoms with Crippen molar-refractivity contribution in [3.63, 3.8) is 0 Å². The largest absolute Gasteiger partial charge is 0.392 e. The topological polar surface area (TPSA) is 32.3 Å². The summed E-state index contributed by atoms with van der Waals surface area (Å²) in [4.78, 5) is 0. The smallest absolute Gasteiger partial charge is 0.0690 e. The monoisotopic (exact) mass is 227 g/mol. The Balaban J connectivity index is 2.36. The molecule has 2 nitrogen and oxygen atoms in total. The van der Waals surface area contributed by atoms with E-state index in [9.17, 15) is 5.11 Å². The van der Waals surface area contributed by atoms with Crippen molar-refractivity contribution < 1.29 is 5.11 Å². The van der Waals surface area contributed by atoms with Crippen molar-refractivity contribution in [2.24, 2.45) is 11.3 Å². The number of rotatable bonds is 5. The Morgan fingerprint density at radius 1 is 1.38 bits per heavy atom. The third kappa shape index (κ3) is 3.74. The van der Waals surface area contributed by atoms with Crippen molar-refractivity contribution in [3.05, 3.63) is 0 Å². The lowest BCUT2D eigenvalue weighted by Crippen LogP contribution is -2.47. The second kappa shape index (κ2) is 6.02. The van der Waals surface area contributed by atoms with Gasteiger partial charge in [-0.2, -0.15) is 0 Å². The van der Waals surface area contributed by atoms with Crippen LogP contribution in [0.1, 0.15) is 59.8 Å². The van der Waals surface area contributed by atoms with Gasteiger partial charge in [0.1, 0.15) is 0 Å². The highest BCUT2D eigenvalue weighted by Crippen LogP contribution is 2.35. The first-order chi connectivity index (χ1) is 7.47. The van der Waals surface area contributed by atoms with Gasteiger partial charge in [-0.05, 0) is 24.2 Å². The molecule has 96 valence electrons. The van der Waals surface area contributed by atoms with Crippen LogP contribution in [0.4, 0.5) is 0 Å². The number of aliphatic hydroxyl groups is 1. The van der Waals surface area contributed by atoms with Crippen molar-refractivity contribution in [3.8, 4) is 0 Å². The van der Waals surface area contributed by atoms with Crippen molar-refractivity contribution in [1.29, 1.82) is 0 Å². The number of hydrogen-bond donors (Lipinski definition) is 2. The molecule has 0 aromatic heterocycles. The fraction of sp³-hybridized carbons (Fsp3) is 1.00. The lowest BCUT2D eigenvalue weighted by Gasteiger charge is -2.40. The zero-order valence-electron chi connectivity index (χ0n) is 11.4. The van der Waals surface area contributed by atoms with Gasteiger partial charge >= 0.3 is 0 Å². The highest BCUT2D eigenvalue weighted by molar-refractivity contribution is 4.88. The summed E-state index contributed by atoms with van der Waals surface area (Å²) in [5.74, 6) is 0.402. The van der Waals surface area contributed by atoms with E-state index in [0.29, 0.717) is 17.4 Å². The second-order valence-corrected chi connectivity index (χ2v) is 6.15. The molecule has 1 aliphatic rings. The van der Waals surface area contributed by atoms with Crippen LogP contribution in [0.25, 0.3) is 0 Å². The molecular weight excluding hydrogens is 198 g/mol. The van der Waals surface area contributed by atoms with E-state index < -0.39 is 0 Å². The molecule has 1 rings (SSSR count). The van der Waals surface area contributed by atoms with E-state index in [-0.39, 0.29) is 6.10 Å². The van der Waals surface area contributed by atoms with E-state index in [1.54, 1.807) is 0 Å². The Morgan fingerprint density at radius 2 is 2.06 bits per heavy atom. The molecule has 0 aliphatic heterocycles. The molecule has 0 amide bonds. The first-order valence-corrected chi connectivity index (χ1v) is 6.89. The van der Waals surface area contributed by atoms with Crippen molar-refractivity contribution in [2.75, 3.05) is 6.54 Å². The predicted molar refractivity (Wildman–Crippen MR) is 69.5 cm³/mol. The molecule has 16 heavy (non-hydrogen) atoms. The van der Waals surface area contributed by atoms with Gasteiger partial charge in [0.05, 0.1) is 6.10 Å². The van der Waals surface area contributed by atoms with Crippen LogP contribution in [-0.2, 0) is 0 Å². The van der Waals surface area contributed by atoms with E-state index in [4.69, 9.17) is 0 Å². The number of aliphatic hydroxyl groups excluding tert-OH is 1. The number of hydrogen-bond acceptors (Lipinski definition) is 2. The summed E-state index contributed by atoms with van der Waals surface area (Å²) in [5, 5.41) is 13.5. The van der Waals surface area contributed by atoms with E-state index in [1.165, 1.54) is 25.7 Å². The molecular formula is C14H29NO. The predicted octanol–water partition coefficient (Wildman–Crippen LogP) is 2.95. The van der Waals surface area contributed by atoms with Crippen LogP contribution in [0.2, 0.25) is 0 Å². The summed E-state index contributed by atoms with van der Waals surface area (Å²) in [7, 11) is 0. The minimum absolute atomic E-state index is 0.192. The first kappa shape index (κ1) is 14.0.